The lowest BCUT2D eigenvalue weighted by Crippen LogP contribution is -2.33. The van der Waals surface area contributed by atoms with Crippen molar-refractivity contribution in [2.75, 3.05) is 0 Å². The molecular formula is C17H19NOS. The number of rotatable bonds is 2. The zero-order chi connectivity index (χ0) is 14.1. The van der Waals surface area contributed by atoms with Crippen molar-refractivity contribution >= 4 is 17.5 Å². The van der Waals surface area contributed by atoms with E-state index >= 15 is 0 Å². The Morgan fingerprint density at radius 3 is 2.65 bits per heavy atom. The minimum Gasteiger partial charge on any atom is -0.294 e. The molecule has 104 valence electrons. The molecule has 0 radical (unpaired) electrons. The summed E-state index contributed by atoms with van der Waals surface area (Å²) in [6, 6.07) is 7.59. The molecule has 3 rings (SSSR count). The van der Waals surface area contributed by atoms with Gasteiger partial charge in [-0.3, -0.25) is 4.79 Å². The maximum absolute atomic E-state index is 12.8. The lowest BCUT2D eigenvalue weighted by molar-refractivity contribution is 0.0896. The lowest BCUT2D eigenvalue weighted by Gasteiger charge is -2.38. The molecule has 0 N–H and O–H groups in total. The van der Waals surface area contributed by atoms with E-state index in [4.69, 9.17) is 5.26 Å². The number of carbonyl (C=O) groups is 1. The third kappa shape index (κ3) is 2.62. The fraction of sp³-hybridized carbons (Fsp3) is 0.529. The van der Waals surface area contributed by atoms with Crippen LogP contribution in [0.2, 0.25) is 0 Å². The predicted octanol–water partition coefficient (Wildman–Crippen LogP) is 4.11. The van der Waals surface area contributed by atoms with Gasteiger partial charge in [0.05, 0.1) is 11.6 Å². The first kappa shape index (κ1) is 13.7. The van der Waals surface area contributed by atoms with Gasteiger partial charge in [-0.2, -0.15) is 17.0 Å². The minimum absolute atomic E-state index is 0.166. The van der Waals surface area contributed by atoms with Crippen LogP contribution >= 0.6 is 11.8 Å². The number of benzene rings is 1. The molecule has 0 amide bonds. The van der Waals surface area contributed by atoms with Crippen LogP contribution in [0.4, 0.5) is 0 Å². The van der Waals surface area contributed by atoms with Crippen LogP contribution in [0, 0.1) is 24.2 Å². The van der Waals surface area contributed by atoms with Gasteiger partial charge in [-0.1, -0.05) is 12.5 Å². The number of nitrogens with zero attached hydrogens (tertiary/aromatic N) is 1. The topological polar surface area (TPSA) is 40.9 Å². The van der Waals surface area contributed by atoms with E-state index in [1.165, 1.54) is 19.3 Å². The number of fused-ring (bicyclic) bond motifs is 2. The van der Waals surface area contributed by atoms with Gasteiger partial charge in [0.15, 0.2) is 5.78 Å². The summed E-state index contributed by atoms with van der Waals surface area (Å²) in [7, 11) is 0. The summed E-state index contributed by atoms with van der Waals surface area (Å²) in [6.07, 6.45) is 5.91. The smallest absolute Gasteiger partial charge is 0.166 e. The Labute approximate surface area is 124 Å². The van der Waals surface area contributed by atoms with E-state index in [0.29, 0.717) is 16.1 Å². The van der Waals surface area contributed by atoms with Gasteiger partial charge in [0.1, 0.15) is 0 Å². The molecular weight excluding hydrogens is 266 g/mol. The van der Waals surface area contributed by atoms with Crippen molar-refractivity contribution in [1.82, 2.24) is 0 Å². The Hall–Kier alpha value is -1.27. The highest BCUT2D eigenvalue weighted by Gasteiger charge is 2.36. The second-order valence-electron chi connectivity index (χ2n) is 5.99. The zero-order valence-corrected chi connectivity index (χ0v) is 12.6. The van der Waals surface area contributed by atoms with Gasteiger partial charge < -0.3 is 0 Å². The van der Waals surface area contributed by atoms with Crippen LogP contribution in [0.15, 0.2) is 18.2 Å². The molecule has 0 saturated carbocycles. The van der Waals surface area contributed by atoms with Gasteiger partial charge in [-0.25, -0.2) is 0 Å². The molecule has 0 aliphatic carbocycles. The van der Waals surface area contributed by atoms with E-state index in [2.05, 4.69) is 17.8 Å². The second-order valence-corrected chi connectivity index (χ2v) is 7.59. The van der Waals surface area contributed by atoms with E-state index in [9.17, 15) is 4.79 Å². The highest BCUT2D eigenvalue weighted by atomic mass is 32.2. The Morgan fingerprint density at radius 1 is 1.30 bits per heavy atom. The third-order valence-corrected chi connectivity index (χ3v) is 6.16. The van der Waals surface area contributed by atoms with Crippen molar-refractivity contribution in [1.29, 1.82) is 5.26 Å². The molecule has 2 heterocycles. The van der Waals surface area contributed by atoms with E-state index in [0.717, 1.165) is 24.0 Å². The van der Waals surface area contributed by atoms with Crippen molar-refractivity contribution < 1.29 is 4.79 Å². The second kappa shape index (κ2) is 5.61. The number of hydrogen-bond donors (Lipinski definition) is 0. The maximum Gasteiger partial charge on any atom is 0.166 e. The molecule has 0 spiro atoms. The van der Waals surface area contributed by atoms with E-state index in [-0.39, 0.29) is 11.7 Å². The number of hydrogen-bond acceptors (Lipinski definition) is 3. The number of ketones is 1. The van der Waals surface area contributed by atoms with Crippen molar-refractivity contribution in [3.8, 4) is 6.07 Å². The van der Waals surface area contributed by atoms with Crippen LogP contribution < -0.4 is 0 Å². The first-order chi connectivity index (χ1) is 9.67. The summed E-state index contributed by atoms with van der Waals surface area (Å²) in [6.45, 7) is 1.97. The van der Waals surface area contributed by atoms with Crippen LogP contribution in [0.5, 0.6) is 0 Å². The van der Waals surface area contributed by atoms with Crippen LogP contribution in [-0.4, -0.2) is 16.3 Å². The van der Waals surface area contributed by atoms with Crippen molar-refractivity contribution in [3.63, 3.8) is 0 Å². The molecule has 3 heteroatoms. The van der Waals surface area contributed by atoms with E-state index in [1.54, 1.807) is 12.1 Å². The maximum atomic E-state index is 12.8. The van der Waals surface area contributed by atoms with Gasteiger partial charge in [0, 0.05) is 22.0 Å². The van der Waals surface area contributed by atoms with Gasteiger partial charge in [-0.05, 0) is 50.3 Å². The van der Waals surface area contributed by atoms with E-state index in [1.807, 2.05) is 13.0 Å². The highest BCUT2D eigenvalue weighted by Crippen LogP contribution is 2.44. The minimum atomic E-state index is 0.166. The summed E-state index contributed by atoms with van der Waals surface area (Å²) in [4.78, 5) is 12.8. The molecule has 2 bridgehead atoms. The summed E-state index contributed by atoms with van der Waals surface area (Å²) in [5.74, 6) is 0.427. The zero-order valence-electron chi connectivity index (χ0n) is 11.8. The summed E-state index contributed by atoms with van der Waals surface area (Å²) < 4.78 is 0. The number of thioether (sulfide) groups is 1. The Kier molecular flexibility index (Phi) is 3.85. The molecule has 20 heavy (non-hydrogen) atoms. The molecule has 0 aromatic heterocycles. The molecule has 2 nitrogen and oxygen atoms in total. The highest BCUT2D eigenvalue weighted by molar-refractivity contribution is 8.00. The fourth-order valence-electron chi connectivity index (χ4n) is 3.45. The van der Waals surface area contributed by atoms with Gasteiger partial charge in [-0.15, -0.1) is 0 Å². The SMILES string of the molecule is Cc1ccc(C#N)cc1C(=O)C1CC2CCCC(C1)S2. The average molecular weight is 285 g/mol. The fourth-order valence-corrected chi connectivity index (χ4v) is 5.29. The Morgan fingerprint density at radius 2 is 2.00 bits per heavy atom. The quantitative estimate of drug-likeness (QED) is 0.768. The first-order valence-corrected chi connectivity index (χ1v) is 8.32. The Balaban J connectivity index is 1.84. The average Bonchev–Trinajstić information content (AvgIpc) is 2.46. The molecule has 1 aromatic rings. The largest absolute Gasteiger partial charge is 0.294 e. The van der Waals surface area contributed by atoms with Crippen LogP contribution in [0.3, 0.4) is 0 Å². The van der Waals surface area contributed by atoms with Crippen molar-refractivity contribution in [2.24, 2.45) is 5.92 Å². The Bertz CT molecular complexity index is 563. The molecule has 2 saturated heterocycles. The van der Waals surface area contributed by atoms with Crippen molar-refractivity contribution in [3.05, 3.63) is 34.9 Å². The van der Waals surface area contributed by atoms with Gasteiger partial charge >= 0.3 is 0 Å². The summed E-state index contributed by atoms with van der Waals surface area (Å²) in [5.41, 5.74) is 2.35. The molecule has 2 aliphatic heterocycles. The van der Waals surface area contributed by atoms with Crippen LogP contribution in [-0.2, 0) is 0 Å². The van der Waals surface area contributed by atoms with Gasteiger partial charge in [0.2, 0.25) is 0 Å². The normalized spacial score (nSPS) is 28.7. The van der Waals surface area contributed by atoms with E-state index < -0.39 is 0 Å². The number of carbonyl (C=O) groups excluding carboxylic acids is 1. The summed E-state index contributed by atoms with van der Waals surface area (Å²) in [5, 5.41) is 10.4. The monoisotopic (exact) mass is 285 g/mol. The number of aryl methyl sites for hydroxylation is 1. The number of Topliss-reactive ketones (excluding diaryl/α,β-unsaturated/α-hetero) is 1. The van der Waals surface area contributed by atoms with Crippen molar-refractivity contribution in [2.45, 2.75) is 49.5 Å². The molecule has 2 unspecified atom stereocenters. The van der Waals surface area contributed by atoms with Crippen LogP contribution in [0.25, 0.3) is 0 Å². The van der Waals surface area contributed by atoms with Gasteiger partial charge in [0.25, 0.3) is 0 Å². The lowest BCUT2D eigenvalue weighted by atomic mass is 9.83. The molecule has 1 aromatic carbocycles. The molecule has 2 atom stereocenters. The summed E-state index contributed by atoms with van der Waals surface area (Å²) >= 11 is 2.10. The van der Waals surface area contributed by atoms with Crippen LogP contribution in [0.1, 0.15) is 53.6 Å². The third-order valence-electron chi connectivity index (χ3n) is 4.53. The standard InChI is InChI=1S/C17H19NOS/c1-11-5-6-12(10-18)7-16(11)17(19)13-8-14-3-2-4-15(9-13)20-14/h5-7,13-15H,2-4,8-9H2,1H3. The molecule has 2 fully saturated rings. The number of nitriles is 1. The molecule has 2 aliphatic rings. The first-order valence-electron chi connectivity index (χ1n) is 7.38. The predicted molar refractivity (Wildman–Crippen MR) is 82.0 cm³/mol.